The molecule has 1 aromatic heterocycles. The Kier molecular flexibility index (Phi) is 5.48. The van der Waals surface area contributed by atoms with Crippen molar-refractivity contribution in [2.75, 3.05) is 20.3 Å². The Morgan fingerprint density at radius 1 is 1.23 bits per heavy atom. The lowest BCUT2D eigenvalue weighted by Gasteiger charge is -2.06. The quantitative estimate of drug-likeness (QED) is 0.659. The third kappa shape index (κ3) is 4.00. The lowest BCUT2D eigenvalue weighted by atomic mass is 10.1. The third-order valence-electron chi connectivity index (χ3n) is 3.99. The van der Waals surface area contributed by atoms with Gasteiger partial charge in [-0.3, -0.25) is 9.36 Å². The average Bonchev–Trinajstić information content (AvgIpc) is 2.95. The minimum Gasteiger partial charge on any atom is -0.408 e. The highest BCUT2D eigenvalue weighted by atomic mass is 19.1. The van der Waals surface area contributed by atoms with Crippen molar-refractivity contribution in [1.29, 1.82) is 0 Å². The van der Waals surface area contributed by atoms with Crippen molar-refractivity contribution in [3.63, 3.8) is 0 Å². The first kappa shape index (κ1) is 17.9. The van der Waals surface area contributed by atoms with Gasteiger partial charge in [0.05, 0.1) is 12.1 Å². The fourth-order valence-electron chi connectivity index (χ4n) is 2.65. The lowest BCUT2D eigenvalue weighted by Crippen LogP contribution is -2.25. The second kappa shape index (κ2) is 7.97. The molecule has 2 aromatic carbocycles. The Hall–Kier alpha value is -2.93. The smallest absolute Gasteiger partial charge is 0.408 e. The summed E-state index contributed by atoms with van der Waals surface area (Å²) in [7, 11) is 1.61. The molecule has 0 radical (unpaired) electrons. The maximum Gasteiger partial charge on any atom is 0.420 e. The van der Waals surface area contributed by atoms with Gasteiger partial charge in [0.2, 0.25) is 0 Å². The fourth-order valence-corrected chi connectivity index (χ4v) is 2.65. The van der Waals surface area contributed by atoms with E-state index in [9.17, 15) is 14.0 Å². The van der Waals surface area contributed by atoms with E-state index in [1.165, 1.54) is 16.7 Å². The van der Waals surface area contributed by atoms with Crippen molar-refractivity contribution in [3.8, 4) is 0 Å². The first-order chi connectivity index (χ1) is 12.6. The summed E-state index contributed by atoms with van der Waals surface area (Å²) in [5.41, 5.74) is 2.10. The number of halogens is 1. The van der Waals surface area contributed by atoms with E-state index in [2.05, 4.69) is 5.32 Å². The molecule has 0 aliphatic heterocycles. The van der Waals surface area contributed by atoms with Crippen LogP contribution in [0.5, 0.6) is 0 Å². The summed E-state index contributed by atoms with van der Waals surface area (Å²) in [5, 5.41) is 2.80. The summed E-state index contributed by atoms with van der Waals surface area (Å²) < 4.78 is 24.6. The summed E-state index contributed by atoms with van der Waals surface area (Å²) in [5.74, 6) is -1.10. The second-order valence-electron chi connectivity index (χ2n) is 5.87. The molecular formula is C19H19FN2O4. The van der Waals surface area contributed by atoms with Crippen LogP contribution in [-0.2, 0) is 11.3 Å². The van der Waals surface area contributed by atoms with Crippen LogP contribution in [0.25, 0.3) is 11.1 Å². The van der Waals surface area contributed by atoms with Crippen molar-refractivity contribution in [1.82, 2.24) is 9.88 Å². The number of benzene rings is 2. The van der Waals surface area contributed by atoms with E-state index < -0.39 is 5.76 Å². The molecule has 7 heteroatoms. The van der Waals surface area contributed by atoms with Gasteiger partial charge in [-0.05, 0) is 42.3 Å². The van der Waals surface area contributed by atoms with Gasteiger partial charge in [-0.1, -0.05) is 12.1 Å². The number of carbonyl (C=O) groups excluding carboxylic acids is 1. The maximum atomic E-state index is 13.1. The zero-order valence-corrected chi connectivity index (χ0v) is 14.3. The summed E-state index contributed by atoms with van der Waals surface area (Å²) in [4.78, 5) is 24.4. The van der Waals surface area contributed by atoms with Crippen LogP contribution in [0.1, 0.15) is 22.3 Å². The second-order valence-corrected chi connectivity index (χ2v) is 5.87. The van der Waals surface area contributed by atoms with Crippen LogP contribution < -0.4 is 11.1 Å². The molecule has 0 bridgehead atoms. The van der Waals surface area contributed by atoms with Crippen molar-refractivity contribution < 1.29 is 18.3 Å². The average molecular weight is 358 g/mol. The number of hydrogen-bond donors (Lipinski definition) is 1. The van der Waals surface area contributed by atoms with E-state index in [0.717, 1.165) is 5.56 Å². The predicted molar refractivity (Wildman–Crippen MR) is 94.8 cm³/mol. The van der Waals surface area contributed by atoms with E-state index in [1.54, 1.807) is 37.4 Å². The molecule has 26 heavy (non-hydrogen) atoms. The fraction of sp³-hybridized carbons (Fsp3) is 0.263. The Bertz CT molecular complexity index is 960. The Balaban J connectivity index is 1.85. The van der Waals surface area contributed by atoms with Gasteiger partial charge >= 0.3 is 5.76 Å². The number of ether oxygens (including phenoxy) is 1. The standard InChI is InChI=1S/C19H19FN2O4/c1-25-10-2-9-21-18(23)14-5-8-17-16(11-14)22(19(24)26-17)12-13-3-6-15(20)7-4-13/h3-8,11H,2,9-10,12H2,1H3,(H,21,23). The number of amides is 1. The number of aromatic nitrogens is 1. The first-order valence-electron chi connectivity index (χ1n) is 8.23. The van der Waals surface area contributed by atoms with Crippen LogP contribution in [0.15, 0.2) is 51.7 Å². The summed E-state index contributed by atoms with van der Waals surface area (Å²) in [6.45, 7) is 1.29. The largest absolute Gasteiger partial charge is 0.420 e. The van der Waals surface area contributed by atoms with Crippen molar-refractivity contribution >= 4 is 17.0 Å². The minimum atomic E-state index is -0.526. The molecule has 6 nitrogen and oxygen atoms in total. The molecule has 0 saturated carbocycles. The van der Waals surface area contributed by atoms with Crippen LogP contribution in [0.3, 0.4) is 0 Å². The summed E-state index contributed by atoms with van der Waals surface area (Å²) in [6, 6.07) is 10.7. The van der Waals surface area contributed by atoms with Crippen LogP contribution in [0.2, 0.25) is 0 Å². The molecule has 1 N–H and O–H groups in total. The normalized spacial score (nSPS) is 11.0. The van der Waals surface area contributed by atoms with E-state index in [4.69, 9.17) is 9.15 Å². The molecule has 0 unspecified atom stereocenters. The van der Waals surface area contributed by atoms with Crippen LogP contribution in [0, 0.1) is 5.82 Å². The molecule has 1 amide bonds. The van der Waals surface area contributed by atoms with Gasteiger partial charge in [0.1, 0.15) is 5.82 Å². The molecule has 0 saturated heterocycles. The highest BCUT2D eigenvalue weighted by Gasteiger charge is 2.13. The molecule has 0 spiro atoms. The number of hydrogen-bond acceptors (Lipinski definition) is 4. The monoisotopic (exact) mass is 358 g/mol. The molecule has 0 fully saturated rings. The zero-order valence-electron chi connectivity index (χ0n) is 14.3. The number of rotatable bonds is 7. The van der Waals surface area contributed by atoms with Gasteiger partial charge in [0.25, 0.3) is 5.91 Å². The topological polar surface area (TPSA) is 73.5 Å². The summed E-state index contributed by atoms with van der Waals surface area (Å²) >= 11 is 0. The van der Waals surface area contributed by atoms with E-state index >= 15 is 0 Å². The zero-order chi connectivity index (χ0) is 18.5. The van der Waals surface area contributed by atoms with Crippen molar-refractivity contribution in [2.45, 2.75) is 13.0 Å². The molecule has 0 atom stereocenters. The number of nitrogens with one attached hydrogen (secondary N) is 1. The molecular weight excluding hydrogens is 339 g/mol. The predicted octanol–water partition coefficient (Wildman–Crippen LogP) is 2.55. The lowest BCUT2D eigenvalue weighted by molar-refractivity contribution is 0.0948. The van der Waals surface area contributed by atoms with Gasteiger partial charge in [0, 0.05) is 25.8 Å². The molecule has 3 aromatic rings. The Morgan fingerprint density at radius 2 is 2.00 bits per heavy atom. The molecule has 0 aliphatic rings. The van der Waals surface area contributed by atoms with E-state index in [1.807, 2.05) is 0 Å². The van der Waals surface area contributed by atoms with Gasteiger partial charge in [0.15, 0.2) is 5.58 Å². The third-order valence-corrected chi connectivity index (χ3v) is 3.99. The molecule has 1 heterocycles. The number of nitrogens with zero attached hydrogens (tertiary/aromatic N) is 1. The van der Waals surface area contributed by atoms with E-state index in [-0.39, 0.29) is 18.3 Å². The van der Waals surface area contributed by atoms with Crippen LogP contribution >= 0.6 is 0 Å². The van der Waals surface area contributed by atoms with Gasteiger partial charge < -0.3 is 14.5 Å². The Labute approximate surface area is 149 Å². The minimum absolute atomic E-state index is 0.227. The van der Waals surface area contributed by atoms with Crippen molar-refractivity contribution in [3.05, 3.63) is 70.0 Å². The Morgan fingerprint density at radius 3 is 2.73 bits per heavy atom. The highest BCUT2D eigenvalue weighted by Crippen LogP contribution is 2.17. The first-order valence-corrected chi connectivity index (χ1v) is 8.23. The molecule has 3 rings (SSSR count). The van der Waals surface area contributed by atoms with Gasteiger partial charge in [-0.2, -0.15) is 0 Å². The number of methoxy groups -OCH3 is 1. The highest BCUT2D eigenvalue weighted by molar-refractivity contribution is 5.97. The van der Waals surface area contributed by atoms with Gasteiger partial charge in [-0.25, -0.2) is 9.18 Å². The van der Waals surface area contributed by atoms with E-state index in [0.29, 0.717) is 36.2 Å². The van der Waals surface area contributed by atoms with Crippen LogP contribution in [-0.4, -0.2) is 30.7 Å². The van der Waals surface area contributed by atoms with Crippen LogP contribution in [0.4, 0.5) is 4.39 Å². The number of fused-ring (bicyclic) bond motifs is 1. The molecule has 136 valence electrons. The molecule has 0 aliphatic carbocycles. The van der Waals surface area contributed by atoms with Crippen molar-refractivity contribution in [2.24, 2.45) is 0 Å². The SMILES string of the molecule is COCCCNC(=O)c1ccc2oc(=O)n(Cc3ccc(F)cc3)c2c1. The maximum absolute atomic E-state index is 13.1. The summed E-state index contributed by atoms with van der Waals surface area (Å²) in [6.07, 6.45) is 0.714. The number of carbonyl (C=O) groups is 1. The number of oxazole rings is 1. The van der Waals surface area contributed by atoms with Gasteiger partial charge in [-0.15, -0.1) is 0 Å².